The number of hydrogen-bond acceptors (Lipinski definition) is 6. The normalized spacial score (nSPS) is 16.4. The van der Waals surface area contributed by atoms with Gasteiger partial charge in [0.1, 0.15) is 12.6 Å². The Kier molecular flexibility index (Phi) is 9.91. The third kappa shape index (κ3) is 8.35. The first-order valence-electron chi connectivity index (χ1n) is 11.6. The van der Waals surface area contributed by atoms with Crippen LogP contribution in [0.5, 0.6) is 0 Å². The molecule has 2 atom stereocenters. The highest BCUT2D eigenvalue weighted by atomic mass is 16.5. The van der Waals surface area contributed by atoms with E-state index in [0.717, 1.165) is 31.4 Å². The standard InChI is InChI=1S/C26H32N2O5/c29-24(22-15-7-9-17-27-22)28-23(26(31)33-19-20-11-3-1-4-12-20)16-8-10-18-32-25(30)21-13-5-2-6-14-21/h1-6,11-14,22-23,27H,7-10,15-19H2,(H,28,29)/t22-,23-/m0/s1. The van der Waals surface area contributed by atoms with Gasteiger partial charge in [-0.1, -0.05) is 55.0 Å². The first-order chi connectivity index (χ1) is 16.1. The van der Waals surface area contributed by atoms with E-state index in [1.807, 2.05) is 36.4 Å². The van der Waals surface area contributed by atoms with Crippen molar-refractivity contribution in [3.63, 3.8) is 0 Å². The van der Waals surface area contributed by atoms with Gasteiger partial charge in [-0.25, -0.2) is 9.59 Å². The molecule has 1 saturated heterocycles. The first-order valence-corrected chi connectivity index (χ1v) is 11.6. The Labute approximate surface area is 194 Å². The van der Waals surface area contributed by atoms with E-state index in [1.54, 1.807) is 24.3 Å². The molecule has 176 valence electrons. The van der Waals surface area contributed by atoms with Crippen molar-refractivity contribution in [1.29, 1.82) is 0 Å². The van der Waals surface area contributed by atoms with Crippen molar-refractivity contribution in [2.75, 3.05) is 13.2 Å². The number of rotatable bonds is 11. The lowest BCUT2D eigenvalue weighted by atomic mass is 10.0. The van der Waals surface area contributed by atoms with E-state index in [2.05, 4.69) is 10.6 Å². The Balaban J connectivity index is 1.47. The second-order valence-corrected chi connectivity index (χ2v) is 8.15. The zero-order chi connectivity index (χ0) is 23.3. The number of carbonyl (C=O) groups is 3. The van der Waals surface area contributed by atoms with Gasteiger partial charge in [0.15, 0.2) is 0 Å². The summed E-state index contributed by atoms with van der Waals surface area (Å²) < 4.78 is 10.8. The Hall–Kier alpha value is -3.19. The SMILES string of the molecule is O=C(OCCCC[C@H](NC(=O)[C@@H]1CCCCN1)C(=O)OCc1ccccc1)c1ccccc1. The van der Waals surface area contributed by atoms with E-state index in [-0.39, 0.29) is 31.1 Å². The third-order valence-electron chi connectivity index (χ3n) is 5.58. The summed E-state index contributed by atoms with van der Waals surface area (Å²) in [5, 5.41) is 6.07. The Morgan fingerprint density at radius 1 is 0.939 bits per heavy atom. The molecule has 0 saturated carbocycles. The largest absolute Gasteiger partial charge is 0.462 e. The number of piperidine rings is 1. The molecule has 7 nitrogen and oxygen atoms in total. The minimum Gasteiger partial charge on any atom is -0.462 e. The quantitative estimate of drug-likeness (QED) is 0.401. The molecule has 1 aliphatic rings. The molecule has 1 heterocycles. The van der Waals surface area contributed by atoms with Gasteiger partial charge in [-0.15, -0.1) is 0 Å². The molecule has 1 fully saturated rings. The van der Waals surface area contributed by atoms with Crippen molar-refractivity contribution in [2.45, 2.75) is 57.2 Å². The number of esters is 2. The maximum atomic E-state index is 12.7. The summed E-state index contributed by atoms with van der Waals surface area (Å²) in [5.74, 6) is -0.998. The van der Waals surface area contributed by atoms with Crippen LogP contribution in [0.2, 0.25) is 0 Å². The van der Waals surface area contributed by atoms with Crippen LogP contribution in [0.15, 0.2) is 60.7 Å². The number of benzene rings is 2. The van der Waals surface area contributed by atoms with Gasteiger partial charge in [0, 0.05) is 0 Å². The number of nitrogens with one attached hydrogen (secondary N) is 2. The molecule has 33 heavy (non-hydrogen) atoms. The van der Waals surface area contributed by atoms with E-state index in [0.29, 0.717) is 24.8 Å². The van der Waals surface area contributed by atoms with Gasteiger partial charge in [0.05, 0.1) is 18.2 Å². The monoisotopic (exact) mass is 452 g/mol. The smallest absolute Gasteiger partial charge is 0.338 e. The van der Waals surface area contributed by atoms with E-state index in [4.69, 9.17) is 9.47 Å². The molecule has 2 N–H and O–H groups in total. The first kappa shape index (κ1) is 24.5. The predicted octanol–water partition coefficient (Wildman–Crippen LogP) is 3.38. The van der Waals surface area contributed by atoms with Crippen LogP contribution >= 0.6 is 0 Å². The summed E-state index contributed by atoms with van der Waals surface area (Å²) in [5.41, 5.74) is 1.39. The number of ether oxygens (including phenoxy) is 2. The second kappa shape index (κ2) is 13.4. The van der Waals surface area contributed by atoms with Crippen LogP contribution in [0.4, 0.5) is 0 Å². The highest BCUT2D eigenvalue weighted by Gasteiger charge is 2.27. The second-order valence-electron chi connectivity index (χ2n) is 8.15. The number of carbonyl (C=O) groups excluding carboxylic acids is 3. The molecular weight excluding hydrogens is 420 g/mol. The molecule has 0 bridgehead atoms. The molecular formula is C26H32N2O5. The van der Waals surface area contributed by atoms with Crippen LogP contribution < -0.4 is 10.6 Å². The van der Waals surface area contributed by atoms with Crippen LogP contribution in [0.1, 0.15) is 54.4 Å². The minimum atomic E-state index is -0.741. The van der Waals surface area contributed by atoms with Crippen molar-refractivity contribution in [3.05, 3.63) is 71.8 Å². The van der Waals surface area contributed by atoms with E-state index in [1.165, 1.54) is 0 Å². The summed E-state index contributed by atoms with van der Waals surface area (Å²) in [6.07, 6.45) is 4.39. The zero-order valence-corrected chi connectivity index (χ0v) is 18.8. The van der Waals surface area contributed by atoms with Crippen molar-refractivity contribution in [2.24, 2.45) is 0 Å². The molecule has 7 heteroatoms. The van der Waals surface area contributed by atoms with Crippen LogP contribution in [-0.2, 0) is 25.7 Å². The summed E-state index contributed by atoms with van der Waals surface area (Å²) in [7, 11) is 0. The predicted molar refractivity (Wildman–Crippen MR) is 124 cm³/mol. The molecule has 0 unspecified atom stereocenters. The lowest BCUT2D eigenvalue weighted by molar-refractivity contribution is -0.149. The van der Waals surface area contributed by atoms with Gasteiger partial charge in [0.25, 0.3) is 0 Å². The topological polar surface area (TPSA) is 93.7 Å². The van der Waals surface area contributed by atoms with Gasteiger partial charge < -0.3 is 20.1 Å². The van der Waals surface area contributed by atoms with Crippen LogP contribution in [0, 0.1) is 0 Å². The van der Waals surface area contributed by atoms with Crippen LogP contribution in [0.3, 0.4) is 0 Å². The van der Waals surface area contributed by atoms with Crippen LogP contribution in [-0.4, -0.2) is 43.1 Å². The molecule has 0 aliphatic carbocycles. The summed E-state index contributed by atoms with van der Waals surface area (Å²) in [6, 6.07) is 17.2. The van der Waals surface area contributed by atoms with Crippen LogP contribution in [0.25, 0.3) is 0 Å². The van der Waals surface area contributed by atoms with Gasteiger partial charge in [-0.05, 0) is 56.3 Å². The maximum Gasteiger partial charge on any atom is 0.338 e. The summed E-state index contributed by atoms with van der Waals surface area (Å²) in [6.45, 7) is 1.20. The molecule has 2 aromatic carbocycles. The number of hydrogen-bond donors (Lipinski definition) is 2. The van der Waals surface area contributed by atoms with Crippen molar-refractivity contribution < 1.29 is 23.9 Å². The van der Waals surface area contributed by atoms with Crippen molar-refractivity contribution in [1.82, 2.24) is 10.6 Å². The van der Waals surface area contributed by atoms with Crippen molar-refractivity contribution >= 4 is 17.8 Å². The van der Waals surface area contributed by atoms with E-state index < -0.39 is 12.0 Å². The minimum absolute atomic E-state index is 0.155. The van der Waals surface area contributed by atoms with E-state index >= 15 is 0 Å². The maximum absolute atomic E-state index is 12.7. The number of amides is 1. The van der Waals surface area contributed by atoms with E-state index in [9.17, 15) is 14.4 Å². The lowest BCUT2D eigenvalue weighted by Crippen LogP contribution is -2.51. The lowest BCUT2D eigenvalue weighted by Gasteiger charge is -2.25. The third-order valence-corrected chi connectivity index (χ3v) is 5.58. The molecule has 0 aromatic heterocycles. The van der Waals surface area contributed by atoms with Gasteiger partial charge in [-0.3, -0.25) is 4.79 Å². The Morgan fingerprint density at radius 2 is 1.67 bits per heavy atom. The molecule has 0 spiro atoms. The highest BCUT2D eigenvalue weighted by Crippen LogP contribution is 2.11. The highest BCUT2D eigenvalue weighted by molar-refractivity contribution is 5.89. The van der Waals surface area contributed by atoms with Crippen molar-refractivity contribution in [3.8, 4) is 0 Å². The molecule has 3 rings (SSSR count). The molecule has 2 aromatic rings. The Morgan fingerprint density at radius 3 is 2.36 bits per heavy atom. The van der Waals surface area contributed by atoms with Gasteiger partial charge in [-0.2, -0.15) is 0 Å². The van der Waals surface area contributed by atoms with Gasteiger partial charge in [0.2, 0.25) is 5.91 Å². The molecule has 0 radical (unpaired) electrons. The Bertz CT molecular complexity index is 882. The summed E-state index contributed by atoms with van der Waals surface area (Å²) >= 11 is 0. The summed E-state index contributed by atoms with van der Waals surface area (Å²) in [4.78, 5) is 37.5. The number of unbranched alkanes of at least 4 members (excludes halogenated alkanes) is 1. The molecule has 1 aliphatic heterocycles. The fraction of sp³-hybridized carbons (Fsp3) is 0.423. The fourth-order valence-corrected chi connectivity index (χ4v) is 3.70. The average Bonchev–Trinajstić information content (AvgIpc) is 2.87. The molecule has 1 amide bonds. The zero-order valence-electron chi connectivity index (χ0n) is 18.8. The fourth-order valence-electron chi connectivity index (χ4n) is 3.70. The average molecular weight is 453 g/mol. The van der Waals surface area contributed by atoms with Gasteiger partial charge >= 0.3 is 11.9 Å².